The molecule has 0 aromatic carbocycles. The van der Waals surface area contributed by atoms with E-state index in [1.807, 2.05) is 6.92 Å². The predicted octanol–water partition coefficient (Wildman–Crippen LogP) is 1.55. The highest BCUT2D eigenvalue weighted by atomic mass is 16.5. The number of ether oxygens (including phenoxy) is 1. The van der Waals surface area contributed by atoms with Crippen molar-refractivity contribution in [2.24, 2.45) is 17.8 Å². The van der Waals surface area contributed by atoms with Crippen LogP contribution in [0.5, 0.6) is 0 Å². The minimum absolute atomic E-state index is 0.0608. The molecule has 2 aliphatic rings. The molecule has 0 spiro atoms. The van der Waals surface area contributed by atoms with Crippen molar-refractivity contribution < 1.29 is 14.3 Å². The summed E-state index contributed by atoms with van der Waals surface area (Å²) in [7, 11) is 0. The van der Waals surface area contributed by atoms with Gasteiger partial charge in [-0.1, -0.05) is 0 Å². The second kappa shape index (κ2) is 3.71. The van der Waals surface area contributed by atoms with Gasteiger partial charge in [-0.2, -0.15) is 0 Å². The zero-order valence-electron chi connectivity index (χ0n) is 8.49. The van der Waals surface area contributed by atoms with Crippen molar-refractivity contribution in [2.75, 3.05) is 6.61 Å². The molecule has 3 heteroatoms. The topological polar surface area (TPSA) is 43.4 Å². The number of fused-ring (bicyclic) bond motifs is 1. The van der Waals surface area contributed by atoms with E-state index >= 15 is 0 Å². The van der Waals surface area contributed by atoms with E-state index in [1.165, 1.54) is 0 Å². The van der Waals surface area contributed by atoms with Crippen LogP contribution in [0.25, 0.3) is 0 Å². The van der Waals surface area contributed by atoms with Crippen LogP contribution in [0.15, 0.2) is 0 Å². The molecule has 0 bridgehead atoms. The zero-order chi connectivity index (χ0) is 10.1. The summed E-state index contributed by atoms with van der Waals surface area (Å²) >= 11 is 0. The molecule has 3 nitrogen and oxygen atoms in total. The van der Waals surface area contributed by atoms with Gasteiger partial charge in [0.1, 0.15) is 5.78 Å². The van der Waals surface area contributed by atoms with Crippen LogP contribution in [0.1, 0.15) is 32.6 Å². The molecule has 0 aromatic rings. The van der Waals surface area contributed by atoms with Gasteiger partial charge < -0.3 is 4.74 Å². The highest BCUT2D eigenvalue weighted by Crippen LogP contribution is 2.45. The van der Waals surface area contributed by atoms with E-state index < -0.39 is 0 Å². The highest BCUT2D eigenvalue weighted by molar-refractivity contribution is 5.82. The van der Waals surface area contributed by atoms with E-state index in [4.69, 9.17) is 4.74 Å². The number of hydrogen-bond donors (Lipinski definition) is 0. The van der Waals surface area contributed by atoms with Gasteiger partial charge in [0.05, 0.1) is 12.5 Å². The van der Waals surface area contributed by atoms with Crippen molar-refractivity contribution in [1.29, 1.82) is 0 Å². The molecule has 0 amide bonds. The highest BCUT2D eigenvalue weighted by Gasteiger charge is 2.43. The Balaban J connectivity index is 1.91. The average molecular weight is 196 g/mol. The number of Topliss-reactive ketones (excluding diaryl/α,β-unsaturated/α-hetero) is 1. The lowest BCUT2D eigenvalue weighted by Gasteiger charge is -2.08. The molecule has 0 heterocycles. The van der Waals surface area contributed by atoms with Crippen molar-refractivity contribution >= 4 is 11.8 Å². The van der Waals surface area contributed by atoms with Crippen molar-refractivity contribution in [3.05, 3.63) is 0 Å². The molecular weight excluding hydrogens is 180 g/mol. The maximum absolute atomic E-state index is 11.5. The first-order valence-corrected chi connectivity index (χ1v) is 5.39. The fourth-order valence-corrected chi connectivity index (χ4v) is 2.83. The minimum Gasteiger partial charge on any atom is -0.466 e. The quantitative estimate of drug-likeness (QED) is 0.629. The minimum atomic E-state index is -0.0608. The van der Waals surface area contributed by atoms with Gasteiger partial charge in [-0.05, 0) is 31.6 Å². The lowest BCUT2D eigenvalue weighted by Crippen LogP contribution is -2.16. The molecule has 0 saturated heterocycles. The van der Waals surface area contributed by atoms with E-state index in [0.717, 1.165) is 12.8 Å². The summed E-state index contributed by atoms with van der Waals surface area (Å²) < 4.78 is 4.99. The predicted molar refractivity (Wildman–Crippen MR) is 50.6 cm³/mol. The van der Waals surface area contributed by atoms with Crippen LogP contribution in [-0.2, 0) is 14.3 Å². The van der Waals surface area contributed by atoms with Gasteiger partial charge in [0, 0.05) is 12.8 Å². The molecule has 2 unspecified atom stereocenters. The maximum Gasteiger partial charge on any atom is 0.308 e. The lowest BCUT2D eigenvalue weighted by atomic mass is 10.0. The molecule has 0 aromatic heterocycles. The Kier molecular flexibility index (Phi) is 2.57. The summed E-state index contributed by atoms with van der Waals surface area (Å²) in [5.41, 5.74) is 0. The Hall–Kier alpha value is -0.860. The van der Waals surface area contributed by atoms with Gasteiger partial charge in [0.25, 0.3) is 0 Å². The van der Waals surface area contributed by atoms with Crippen molar-refractivity contribution in [1.82, 2.24) is 0 Å². The third-order valence-corrected chi connectivity index (χ3v) is 3.44. The summed E-state index contributed by atoms with van der Waals surface area (Å²) in [6, 6.07) is 0. The van der Waals surface area contributed by atoms with Crippen LogP contribution in [0.3, 0.4) is 0 Å². The van der Waals surface area contributed by atoms with Crippen molar-refractivity contribution in [3.8, 4) is 0 Å². The molecule has 14 heavy (non-hydrogen) atoms. The number of esters is 1. The SMILES string of the molecule is CCOC(=O)C1CC2CC(=O)CC2C1. The van der Waals surface area contributed by atoms with E-state index in [0.29, 0.717) is 37.1 Å². The molecular formula is C11H16O3. The first-order valence-electron chi connectivity index (χ1n) is 5.39. The average Bonchev–Trinajstić information content (AvgIpc) is 2.61. The first kappa shape index (κ1) is 9.69. The summed E-state index contributed by atoms with van der Waals surface area (Å²) in [6.45, 7) is 2.29. The summed E-state index contributed by atoms with van der Waals surface area (Å²) in [5, 5.41) is 0. The fourth-order valence-electron chi connectivity index (χ4n) is 2.83. The zero-order valence-corrected chi connectivity index (χ0v) is 8.49. The Morgan fingerprint density at radius 2 is 1.93 bits per heavy atom. The molecule has 0 N–H and O–H groups in total. The standard InChI is InChI=1S/C11H16O3/c1-2-14-11(13)9-3-7-5-10(12)6-8(7)4-9/h7-9H,2-6H2,1H3. The lowest BCUT2D eigenvalue weighted by molar-refractivity contribution is -0.148. The van der Waals surface area contributed by atoms with E-state index in [9.17, 15) is 9.59 Å². The number of ketones is 1. The van der Waals surface area contributed by atoms with Crippen LogP contribution in [0.4, 0.5) is 0 Å². The number of carbonyl (C=O) groups is 2. The van der Waals surface area contributed by atoms with E-state index in [-0.39, 0.29) is 11.9 Å². The van der Waals surface area contributed by atoms with E-state index in [2.05, 4.69) is 0 Å². The normalized spacial score (nSPS) is 35.8. The Bertz CT molecular complexity index is 243. The fraction of sp³-hybridized carbons (Fsp3) is 0.818. The van der Waals surface area contributed by atoms with Crippen LogP contribution < -0.4 is 0 Å². The summed E-state index contributed by atoms with van der Waals surface area (Å²) in [4.78, 5) is 22.6. The number of hydrogen-bond acceptors (Lipinski definition) is 3. The van der Waals surface area contributed by atoms with Crippen molar-refractivity contribution in [3.63, 3.8) is 0 Å². The molecule has 0 radical (unpaired) electrons. The summed E-state index contributed by atoms with van der Waals surface area (Å²) in [6.07, 6.45) is 3.13. The molecule has 2 rings (SSSR count). The van der Waals surface area contributed by atoms with Gasteiger partial charge in [-0.3, -0.25) is 9.59 Å². The first-order chi connectivity index (χ1) is 6.70. The van der Waals surface area contributed by atoms with E-state index in [1.54, 1.807) is 0 Å². The third-order valence-electron chi connectivity index (χ3n) is 3.44. The third kappa shape index (κ3) is 1.68. The molecule has 2 aliphatic carbocycles. The second-order valence-corrected chi connectivity index (χ2v) is 4.39. The second-order valence-electron chi connectivity index (χ2n) is 4.39. The number of rotatable bonds is 2. The smallest absolute Gasteiger partial charge is 0.308 e. The largest absolute Gasteiger partial charge is 0.466 e. The molecule has 0 aliphatic heterocycles. The van der Waals surface area contributed by atoms with Crippen LogP contribution in [0.2, 0.25) is 0 Å². The monoisotopic (exact) mass is 196 g/mol. The Labute approximate surface area is 83.8 Å². The van der Waals surface area contributed by atoms with Crippen LogP contribution in [0, 0.1) is 17.8 Å². The van der Waals surface area contributed by atoms with Gasteiger partial charge in [-0.25, -0.2) is 0 Å². The number of carbonyl (C=O) groups excluding carboxylic acids is 2. The van der Waals surface area contributed by atoms with Crippen molar-refractivity contribution in [2.45, 2.75) is 32.6 Å². The van der Waals surface area contributed by atoms with Gasteiger partial charge in [-0.15, -0.1) is 0 Å². The van der Waals surface area contributed by atoms with Gasteiger partial charge in [0.2, 0.25) is 0 Å². The molecule has 78 valence electrons. The molecule has 2 fully saturated rings. The summed E-state index contributed by atoms with van der Waals surface area (Å²) in [5.74, 6) is 1.32. The Morgan fingerprint density at radius 1 is 1.36 bits per heavy atom. The maximum atomic E-state index is 11.5. The van der Waals surface area contributed by atoms with Crippen LogP contribution >= 0.6 is 0 Å². The Morgan fingerprint density at radius 3 is 2.43 bits per heavy atom. The van der Waals surface area contributed by atoms with Crippen LogP contribution in [-0.4, -0.2) is 18.4 Å². The van der Waals surface area contributed by atoms with Gasteiger partial charge in [0.15, 0.2) is 0 Å². The molecule has 2 atom stereocenters. The van der Waals surface area contributed by atoms with Gasteiger partial charge >= 0.3 is 5.97 Å². The molecule has 2 saturated carbocycles.